The van der Waals surface area contributed by atoms with Crippen molar-refractivity contribution in [3.8, 4) is 11.3 Å². The standard InChI is InChI=1S/C22H22N2O4S2/c1-15(2)13-30(27,28)14-18(25)23-22-24-19(16-9-5-3-6-10-16)21(29-22)20(26)17-11-7-4-8-12-17/h3-12,15H,13-14H2,1-2H3,(H,23,24,25). The molecule has 2 aromatic carbocycles. The fourth-order valence-electron chi connectivity index (χ4n) is 2.96. The van der Waals surface area contributed by atoms with Gasteiger partial charge in [-0.3, -0.25) is 9.59 Å². The second-order valence-electron chi connectivity index (χ2n) is 7.25. The van der Waals surface area contributed by atoms with E-state index in [1.807, 2.05) is 36.4 Å². The molecule has 0 aliphatic rings. The third-order valence-corrected chi connectivity index (χ3v) is 6.95. The van der Waals surface area contributed by atoms with Gasteiger partial charge < -0.3 is 5.32 Å². The normalized spacial score (nSPS) is 11.4. The minimum atomic E-state index is -3.52. The van der Waals surface area contributed by atoms with Crippen LogP contribution in [0.1, 0.15) is 29.1 Å². The van der Waals surface area contributed by atoms with Crippen molar-refractivity contribution in [1.82, 2.24) is 4.98 Å². The second-order valence-corrected chi connectivity index (χ2v) is 10.4. The van der Waals surface area contributed by atoms with E-state index in [9.17, 15) is 18.0 Å². The molecule has 0 saturated heterocycles. The van der Waals surface area contributed by atoms with Gasteiger partial charge in [-0.25, -0.2) is 13.4 Å². The first-order valence-corrected chi connectivity index (χ1v) is 12.1. The van der Waals surface area contributed by atoms with E-state index in [0.717, 1.165) is 16.9 Å². The lowest BCUT2D eigenvalue weighted by atomic mass is 10.1. The molecule has 0 radical (unpaired) electrons. The predicted octanol–water partition coefficient (Wildman–Crippen LogP) is 4.05. The van der Waals surface area contributed by atoms with Crippen molar-refractivity contribution in [2.45, 2.75) is 13.8 Å². The second kappa shape index (κ2) is 9.32. The maximum absolute atomic E-state index is 13.1. The molecule has 0 aliphatic heterocycles. The summed E-state index contributed by atoms with van der Waals surface area (Å²) < 4.78 is 24.2. The highest BCUT2D eigenvalue weighted by atomic mass is 32.2. The number of amides is 1. The molecule has 0 atom stereocenters. The first-order chi connectivity index (χ1) is 14.2. The Labute approximate surface area is 179 Å². The number of hydrogen-bond acceptors (Lipinski definition) is 6. The summed E-state index contributed by atoms with van der Waals surface area (Å²) in [6.45, 7) is 3.56. The molecule has 8 heteroatoms. The van der Waals surface area contributed by atoms with Crippen LogP contribution in [0, 0.1) is 5.92 Å². The quantitative estimate of drug-likeness (QED) is 0.531. The summed E-state index contributed by atoms with van der Waals surface area (Å²) in [4.78, 5) is 30.2. The highest BCUT2D eigenvalue weighted by Crippen LogP contribution is 2.33. The van der Waals surface area contributed by atoms with Gasteiger partial charge in [-0.1, -0.05) is 85.8 Å². The van der Waals surface area contributed by atoms with Crippen LogP contribution in [0.3, 0.4) is 0 Å². The molecule has 0 bridgehead atoms. The van der Waals surface area contributed by atoms with Crippen LogP contribution in [0.25, 0.3) is 11.3 Å². The molecule has 3 rings (SSSR count). The Bertz CT molecular complexity index is 1140. The maximum Gasteiger partial charge on any atom is 0.241 e. The SMILES string of the molecule is CC(C)CS(=O)(=O)CC(=O)Nc1nc(-c2ccccc2)c(C(=O)c2ccccc2)s1. The molecule has 0 unspecified atom stereocenters. The van der Waals surface area contributed by atoms with Gasteiger partial charge in [-0.2, -0.15) is 0 Å². The van der Waals surface area contributed by atoms with E-state index in [0.29, 0.717) is 16.1 Å². The van der Waals surface area contributed by atoms with E-state index in [1.165, 1.54) is 0 Å². The molecule has 3 aromatic rings. The molecule has 1 aromatic heterocycles. The molecular formula is C22H22N2O4S2. The van der Waals surface area contributed by atoms with Crippen LogP contribution in [0.5, 0.6) is 0 Å². The van der Waals surface area contributed by atoms with Crippen LogP contribution in [-0.4, -0.2) is 36.6 Å². The van der Waals surface area contributed by atoms with Crippen molar-refractivity contribution in [3.05, 3.63) is 71.1 Å². The van der Waals surface area contributed by atoms with Gasteiger partial charge in [0.05, 0.1) is 11.4 Å². The Hall–Kier alpha value is -2.84. The van der Waals surface area contributed by atoms with Gasteiger partial charge in [0.15, 0.2) is 15.0 Å². The first kappa shape index (κ1) is 21.9. The van der Waals surface area contributed by atoms with E-state index >= 15 is 0 Å². The van der Waals surface area contributed by atoms with Crippen molar-refractivity contribution < 1.29 is 18.0 Å². The van der Waals surface area contributed by atoms with Crippen molar-refractivity contribution in [1.29, 1.82) is 0 Å². The summed E-state index contributed by atoms with van der Waals surface area (Å²) in [7, 11) is -3.52. The number of thiazole rings is 1. The Morgan fingerprint density at radius 2 is 1.60 bits per heavy atom. The van der Waals surface area contributed by atoms with Crippen LogP contribution in [0.15, 0.2) is 60.7 Å². The number of benzene rings is 2. The maximum atomic E-state index is 13.1. The van der Waals surface area contributed by atoms with Crippen LogP contribution >= 0.6 is 11.3 Å². The Kier molecular flexibility index (Phi) is 6.79. The Balaban J connectivity index is 1.91. The first-order valence-electron chi connectivity index (χ1n) is 9.41. The predicted molar refractivity (Wildman–Crippen MR) is 120 cm³/mol. The largest absolute Gasteiger partial charge is 0.301 e. The fourth-order valence-corrected chi connectivity index (χ4v) is 5.53. The fraction of sp³-hybridized carbons (Fsp3) is 0.227. The topological polar surface area (TPSA) is 93.2 Å². The third kappa shape index (κ3) is 5.61. The Morgan fingerprint density at radius 3 is 2.20 bits per heavy atom. The molecule has 1 amide bonds. The molecule has 0 aliphatic carbocycles. The number of anilines is 1. The van der Waals surface area contributed by atoms with Gasteiger partial charge in [-0.15, -0.1) is 0 Å². The number of sulfone groups is 1. The number of rotatable bonds is 8. The van der Waals surface area contributed by atoms with Gasteiger partial charge in [0.1, 0.15) is 10.6 Å². The zero-order chi connectivity index (χ0) is 21.7. The van der Waals surface area contributed by atoms with Crippen LogP contribution in [-0.2, 0) is 14.6 Å². The molecule has 156 valence electrons. The van der Waals surface area contributed by atoms with Crippen molar-refractivity contribution in [2.75, 3.05) is 16.8 Å². The van der Waals surface area contributed by atoms with E-state index in [4.69, 9.17) is 0 Å². The minimum Gasteiger partial charge on any atom is -0.301 e. The smallest absolute Gasteiger partial charge is 0.241 e. The lowest BCUT2D eigenvalue weighted by molar-refractivity contribution is -0.113. The highest BCUT2D eigenvalue weighted by Gasteiger charge is 2.23. The average molecular weight is 443 g/mol. The lowest BCUT2D eigenvalue weighted by Crippen LogP contribution is -2.26. The molecule has 0 spiro atoms. The summed E-state index contributed by atoms with van der Waals surface area (Å²) in [6, 6.07) is 18.0. The summed E-state index contributed by atoms with van der Waals surface area (Å²) >= 11 is 1.04. The van der Waals surface area contributed by atoms with Gasteiger partial charge in [0.2, 0.25) is 11.7 Å². The average Bonchev–Trinajstić information content (AvgIpc) is 3.10. The lowest BCUT2D eigenvalue weighted by Gasteiger charge is -2.06. The van der Waals surface area contributed by atoms with Gasteiger partial charge in [0, 0.05) is 11.1 Å². The zero-order valence-corrected chi connectivity index (χ0v) is 18.3. The molecule has 6 nitrogen and oxygen atoms in total. The molecular weight excluding hydrogens is 420 g/mol. The van der Waals surface area contributed by atoms with E-state index in [-0.39, 0.29) is 22.6 Å². The Morgan fingerprint density at radius 1 is 1.00 bits per heavy atom. The summed E-state index contributed by atoms with van der Waals surface area (Å²) in [5, 5.41) is 2.74. The van der Waals surface area contributed by atoms with Crippen molar-refractivity contribution in [3.63, 3.8) is 0 Å². The minimum absolute atomic E-state index is 0.0642. The third-order valence-electron chi connectivity index (χ3n) is 4.10. The monoisotopic (exact) mass is 442 g/mol. The van der Waals surface area contributed by atoms with E-state index in [1.54, 1.807) is 38.1 Å². The number of carbonyl (C=O) groups excluding carboxylic acids is 2. The number of ketones is 1. The molecule has 30 heavy (non-hydrogen) atoms. The van der Waals surface area contributed by atoms with Crippen LogP contribution in [0.2, 0.25) is 0 Å². The number of hydrogen-bond donors (Lipinski definition) is 1. The number of carbonyl (C=O) groups is 2. The summed E-state index contributed by atoms with van der Waals surface area (Å²) in [5.74, 6) is -1.62. The molecule has 0 fully saturated rings. The van der Waals surface area contributed by atoms with Crippen molar-refractivity contribution >= 4 is 38.0 Å². The zero-order valence-electron chi connectivity index (χ0n) is 16.7. The van der Waals surface area contributed by atoms with Gasteiger partial charge in [0.25, 0.3) is 0 Å². The van der Waals surface area contributed by atoms with Gasteiger partial charge >= 0.3 is 0 Å². The highest BCUT2D eigenvalue weighted by molar-refractivity contribution is 7.92. The molecule has 0 saturated carbocycles. The number of nitrogens with zero attached hydrogens (tertiary/aromatic N) is 1. The number of aromatic nitrogens is 1. The van der Waals surface area contributed by atoms with Gasteiger partial charge in [-0.05, 0) is 5.92 Å². The summed E-state index contributed by atoms with van der Waals surface area (Å²) in [6.07, 6.45) is 0. The van der Waals surface area contributed by atoms with Crippen LogP contribution in [0.4, 0.5) is 5.13 Å². The molecule has 1 heterocycles. The van der Waals surface area contributed by atoms with E-state index < -0.39 is 21.5 Å². The van der Waals surface area contributed by atoms with E-state index in [2.05, 4.69) is 10.3 Å². The van der Waals surface area contributed by atoms with Crippen LogP contribution < -0.4 is 5.32 Å². The van der Waals surface area contributed by atoms with Crippen molar-refractivity contribution in [2.24, 2.45) is 5.92 Å². The molecule has 1 N–H and O–H groups in total. The number of nitrogens with one attached hydrogen (secondary N) is 1. The summed E-state index contributed by atoms with van der Waals surface area (Å²) in [5.41, 5.74) is 1.70.